The van der Waals surface area contributed by atoms with Crippen LogP contribution in [0.15, 0.2) is 12.1 Å². The van der Waals surface area contributed by atoms with Crippen LogP contribution in [0.2, 0.25) is 0 Å². The highest BCUT2D eigenvalue weighted by Gasteiger charge is 2.25. The number of amides is 1. The summed E-state index contributed by atoms with van der Waals surface area (Å²) in [5.74, 6) is -0.396. The predicted octanol–water partition coefficient (Wildman–Crippen LogP) is 1.80. The summed E-state index contributed by atoms with van der Waals surface area (Å²) in [5, 5.41) is 5.91. The summed E-state index contributed by atoms with van der Waals surface area (Å²) >= 11 is 0. The van der Waals surface area contributed by atoms with Crippen molar-refractivity contribution in [3.05, 3.63) is 23.5 Å². The molecule has 1 amide bonds. The van der Waals surface area contributed by atoms with Crippen LogP contribution in [-0.4, -0.2) is 18.0 Å². The first-order chi connectivity index (χ1) is 8.47. The number of rotatable bonds is 4. The van der Waals surface area contributed by atoms with Gasteiger partial charge in [-0.15, -0.1) is 0 Å². The van der Waals surface area contributed by atoms with Crippen molar-refractivity contribution < 1.29 is 9.18 Å². The second-order valence-corrected chi connectivity index (χ2v) is 4.84. The SMILES string of the molecule is Cc1cc(NC(C)C(=O)NC2CC2)c(N)cc1F. The van der Waals surface area contributed by atoms with Gasteiger partial charge < -0.3 is 16.4 Å². The van der Waals surface area contributed by atoms with Gasteiger partial charge in [-0.2, -0.15) is 0 Å². The maximum atomic E-state index is 13.2. The number of hydrogen-bond acceptors (Lipinski definition) is 3. The molecule has 0 aliphatic heterocycles. The smallest absolute Gasteiger partial charge is 0.242 e. The molecule has 0 aromatic heterocycles. The molecule has 4 nitrogen and oxygen atoms in total. The summed E-state index contributed by atoms with van der Waals surface area (Å²) in [6.45, 7) is 3.42. The van der Waals surface area contributed by atoms with Crippen LogP contribution in [0.5, 0.6) is 0 Å². The molecule has 0 radical (unpaired) electrons. The lowest BCUT2D eigenvalue weighted by Gasteiger charge is -2.17. The van der Waals surface area contributed by atoms with E-state index in [1.165, 1.54) is 6.07 Å². The van der Waals surface area contributed by atoms with Crippen LogP contribution >= 0.6 is 0 Å². The molecule has 1 saturated carbocycles. The standard InChI is InChI=1S/C13H18FN3O/c1-7-5-12(11(15)6-10(7)14)16-8(2)13(18)17-9-3-4-9/h5-6,8-9,16H,3-4,15H2,1-2H3,(H,17,18). The first-order valence-corrected chi connectivity index (χ1v) is 6.10. The number of halogens is 1. The van der Waals surface area contributed by atoms with Gasteiger partial charge in [-0.1, -0.05) is 0 Å². The second kappa shape index (κ2) is 4.84. The molecule has 0 heterocycles. The maximum Gasteiger partial charge on any atom is 0.242 e. The summed E-state index contributed by atoms with van der Waals surface area (Å²) < 4.78 is 13.2. The van der Waals surface area contributed by atoms with E-state index >= 15 is 0 Å². The van der Waals surface area contributed by atoms with Crippen LogP contribution in [0.1, 0.15) is 25.3 Å². The molecule has 1 aromatic carbocycles. The van der Waals surface area contributed by atoms with Gasteiger partial charge in [0.2, 0.25) is 5.91 Å². The van der Waals surface area contributed by atoms with Crippen LogP contribution in [0, 0.1) is 12.7 Å². The molecule has 0 spiro atoms. The topological polar surface area (TPSA) is 67.2 Å². The van der Waals surface area contributed by atoms with Crippen LogP contribution in [0.3, 0.4) is 0 Å². The molecule has 4 N–H and O–H groups in total. The molecule has 98 valence electrons. The third kappa shape index (κ3) is 2.91. The van der Waals surface area contributed by atoms with Gasteiger partial charge in [0.25, 0.3) is 0 Å². The van der Waals surface area contributed by atoms with Crippen LogP contribution in [-0.2, 0) is 4.79 Å². The Morgan fingerprint density at radius 2 is 2.17 bits per heavy atom. The van der Waals surface area contributed by atoms with Gasteiger partial charge in [-0.3, -0.25) is 4.79 Å². The van der Waals surface area contributed by atoms with Crippen molar-refractivity contribution in [2.75, 3.05) is 11.1 Å². The van der Waals surface area contributed by atoms with E-state index in [1.807, 2.05) is 0 Å². The molecule has 1 unspecified atom stereocenters. The van der Waals surface area contributed by atoms with Gasteiger partial charge in [0.05, 0.1) is 11.4 Å². The Bertz CT molecular complexity index is 472. The van der Waals surface area contributed by atoms with Crippen LogP contribution in [0.25, 0.3) is 0 Å². The summed E-state index contributed by atoms with van der Waals surface area (Å²) in [6.07, 6.45) is 2.10. The number of benzene rings is 1. The largest absolute Gasteiger partial charge is 0.397 e. The molecular weight excluding hydrogens is 233 g/mol. The zero-order valence-electron chi connectivity index (χ0n) is 10.6. The van der Waals surface area contributed by atoms with Crippen molar-refractivity contribution in [1.29, 1.82) is 0 Å². The molecule has 1 atom stereocenters. The highest BCUT2D eigenvalue weighted by atomic mass is 19.1. The van der Waals surface area contributed by atoms with Gasteiger partial charge in [-0.05, 0) is 44.4 Å². The molecule has 1 fully saturated rings. The van der Waals surface area contributed by atoms with Gasteiger partial charge in [0.1, 0.15) is 11.9 Å². The average molecular weight is 251 g/mol. The monoisotopic (exact) mass is 251 g/mol. The van der Waals surface area contributed by atoms with E-state index < -0.39 is 6.04 Å². The summed E-state index contributed by atoms with van der Waals surface area (Å²) in [6, 6.07) is 2.82. The minimum absolute atomic E-state index is 0.0566. The summed E-state index contributed by atoms with van der Waals surface area (Å²) in [7, 11) is 0. The number of nitrogens with one attached hydrogen (secondary N) is 2. The quantitative estimate of drug-likeness (QED) is 0.715. The van der Waals surface area contributed by atoms with Crippen LogP contribution < -0.4 is 16.4 Å². The summed E-state index contributed by atoms with van der Waals surface area (Å²) in [4.78, 5) is 11.8. The number of nitrogens with two attached hydrogens (primary N) is 1. The Hall–Kier alpha value is -1.78. The minimum atomic E-state index is -0.391. The molecular formula is C13H18FN3O. The van der Waals surface area contributed by atoms with E-state index in [9.17, 15) is 9.18 Å². The zero-order chi connectivity index (χ0) is 13.3. The van der Waals surface area contributed by atoms with E-state index in [1.54, 1.807) is 19.9 Å². The molecule has 0 saturated heterocycles. The number of nitrogen functional groups attached to an aromatic ring is 1. The molecule has 1 aliphatic carbocycles. The van der Waals surface area contributed by atoms with Crippen molar-refractivity contribution >= 4 is 17.3 Å². The Balaban J connectivity index is 2.03. The molecule has 0 bridgehead atoms. The second-order valence-electron chi connectivity index (χ2n) is 4.84. The van der Waals surface area contributed by atoms with Crippen molar-refractivity contribution in [1.82, 2.24) is 5.32 Å². The third-order valence-electron chi connectivity index (χ3n) is 3.02. The molecule has 1 aromatic rings. The van der Waals surface area contributed by atoms with Crippen molar-refractivity contribution in [3.8, 4) is 0 Å². The molecule has 1 aliphatic rings. The van der Waals surface area contributed by atoms with Gasteiger partial charge in [0.15, 0.2) is 0 Å². The lowest BCUT2D eigenvalue weighted by molar-refractivity contribution is -0.121. The molecule has 18 heavy (non-hydrogen) atoms. The van der Waals surface area contributed by atoms with Crippen LogP contribution in [0.4, 0.5) is 15.8 Å². The number of hydrogen-bond donors (Lipinski definition) is 3. The Labute approximate surface area is 106 Å². The number of carbonyl (C=O) groups is 1. The Morgan fingerprint density at radius 3 is 2.78 bits per heavy atom. The van der Waals surface area contributed by atoms with E-state index in [0.717, 1.165) is 12.8 Å². The fourth-order valence-electron chi connectivity index (χ4n) is 1.67. The maximum absolute atomic E-state index is 13.2. The van der Waals surface area contributed by atoms with E-state index in [2.05, 4.69) is 10.6 Å². The third-order valence-corrected chi connectivity index (χ3v) is 3.02. The average Bonchev–Trinajstić information content (AvgIpc) is 3.09. The highest BCUT2D eigenvalue weighted by Crippen LogP contribution is 2.23. The minimum Gasteiger partial charge on any atom is -0.397 e. The van der Waals surface area contributed by atoms with E-state index in [0.29, 0.717) is 23.0 Å². The first kappa shape index (κ1) is 12.7. The molecule has 5 heteroatoms. The Kier molecular flexibility index (Phi) is 3.41. The van der Waals surface area contributed by atoms with Crippen molar-refractivity contribution in [2.24, 2.45) is 0 Å². The first-order valence-electron chi connectivity index (χ1n) is 6.10. The van der Waals surface area contributed by atoms with Crippen molar-refractivity contribution in [3.63, 3.8) is 0 Å². The number of carbonyl (C=O) groups excluding carboxylic acids is 1. The normalized spacial score (nSPS) is 16.2. The van der Waals surface area contributed by atoms with E-state index in [4.69, 9.17) is 5.73 Å². The summed E-state index contributed by atoms with van der Waals surface area (Å²) in [5.41, 5.74) is 7.12. The Morgan fingerprint density at radius 1 is 1.50 bits per heavy atom. The predicted molar refractivity (Wildman–Crippen MR) is 69.8 cm³/mol. The number of anilines is 2. The van der Waals surface area contributed by atoms with E-state index in [-0.39, 0.29) is 11.7 Å². The van der Waals surface area contributed by atoms with Gasteiger partial charge in [-0.25, -0.2) is 4.39 Å². The fraction of sp³-hybridized carbons (Fsp3) is 0.462. The lowest BCUT2D eigenvalue weighted by Crippen LogP contribution is -2.38. The van der Waals surface area contributed by atoms with Crippen molar-refractivity contribution in [2.45, 2.75) is 38.8 Å². The molecule has 2 rings (SSSR count). The fourth-order valence-corrected chi connectivity index (χ4v) is 1.67. The zero-order valence-corrected chi connectivity index (χ0v) is 10.6. The van der Waals surface area contributed by atoms with Gasteiger partial charge in [0, 0.05) is 6.04 Å². The number of aryl methyl sites for hydroxylation is 1. The van der Waals surface area contributed by atoms with Gasteiger partial charge >= 0.3 is 0 Å². The lowest BCUT2D eigenvalue weighted by atomic mass is 10.1. The highest BCUT2D eigenvalue weighted by molar-refractivity contribution is 5.86.